The molecule has 0 unspecified atom stereocenters. The van der Waals surface area contributed by atoms with Crippen molar-refractivity contribution < 1.29 is 0 Å². The molecule has 1 aromatic heterocycles. The molecule has 5 heteroatoms. The van der Waals surface area contributed by atoms with Crippen molar-refractivity contribution in [3.8, 4) is 0 Å². The Kier molecular flexibility index (Phi) is 9.46. The van der Waals surface area contributed by atoms with E-state index in [1.54, 1.807) is 0 Å². The first-order chi connectivity index (χ1) is 5.88. The number of hydrogen-bond donors (Lipinski definition) is 0. The Morgan fingerprint density at radius 2 is 2.07 bits per heavy atom. The summed E-state index contributed by atoms with van der Waals surface area (Å²) in [5.74, 6) is 0. The molecule has 1 saturated heterocycles. The number of aromatic nitrogens is 1. The molecule has 2 nitrogen and oxygen atoms in total. The smallest absolute Gasteiger partial charge is 0.0360 e. The summed E-state index contributed by atoms with van der Waals surface area (Å²) in [6.07, 6.45) is 6.41. The van der Waals surface area contributed by atoms with Crippen LogP contribution in [-0.2, 0) is 0 Å². The fourth-order valence-corrected chi connectivity index (χ4v) is 1.90. The summed E-state index contributed by atoms with van der Waals surface area (Å²) < 4.78 is 0. The third-order valence-electron chi connectivity index (χ3n) is 2.59. The summed E-state index contributed by atoms with van der Waals surface area (Å²) in [7, 11) is 2.19. The van der Waals surface area contributed by atoms with Gasteiger partial charge in [0.1, 0.15) is 0 Å². The highest BCUT2D eigenvalue weighted by molar-refractivity contribution is 5.86. The number of likely N-dealkylation sites (tertiary alicyclic amines) is 1. The van der Waals surface area contributed by atoms with Gasteiger partial charge in [0.15, 0.2) is 0 Å². The predicted molar refractivity (Wildman–Crippen MR) is 70.6 cm³/mol. The first kappa shape index (κ1) is 17.4. The lowest BCUT2D eigenvalue weighted by atomic mass is 10.1. The average Bonchev–Trinajstić information content (AvgIpc) is 2.53. The van der Waals surface area contributed by atoms with E-state index < -0.39 is 0 Å². The lowest BCUT2D eigenvalue weighted by molar-refractivity contribution is 0.317. The van der Waals surface area contributed by atoms with Gasteiger partial charge in [0.2, 0.25) is 0 Å². The third-order valence-corrected chi connectivity index (χ3v) is 2.59. The van der Waals surface area contributed by atoms with Crippen molar-refractivity contribution in [2.75, 3.05) is 13.6 Å². The highest BCUT2D eigenvalue weighted by atomic mass is 35.5. The van der Waals surface area contributed by atoms with Crippen LogP contribution in [0.1, 0.15) is 24.4 Å². The molecule has 1 aromatic rings. The van der Waals surface area contributed by atoms with Gasteiger partial charge in [0.05, 0.1) is 0 Å². The van der Waals surface area contributed by atoms with E-state index in [2.05, 4.69) is 23.0 Å². The van der Waals surface area contributed by atoms with Crippen molar-refractivity contribution in [1.82, 2.24) is 9.88 Å². The Balaban J connectivity index is 0. The number of hydrogen-bond acceptors (Lipinski definition) is 2. The van der Waals surface area contributed by atoms with Crippen molar-refractivity contribution in [3.05, 3.63) is 30.1 Å². The van der Waals surface area contributed by atoms with Crippen LogP contribution in [0.2, 0.25) is 0 Å². The molecule has 1 aliphatic heterocycles. The van der Waals surface area contributed by atoms with E-state index in [0.29, 0.717) is 6.04 Å². The minimum atomic E-state index is 0. The Morgan fingerprint density at radius 1 is 1.33 bits per heavy atom. The van der Waals surface area contributed by atoms with Gasteiger partial charge in [-0.05, 0) is 38.1 Å². The second-order valence-corrected chi connectivity index (χ2v) is 3.42. The zero-order valence-corrected chi connectivity index (χ0v) is 11.1. The van der Waals surface area contributed by atoms with Gasteiger partial charge < -0.3 is 0 Å². The molecule has 0 saturated carbocycles. The van der Waals surface area contributed by atoms with Gasteiger partial charge in [0.25, 0.3) is 0 Å². The van der Waals surface area contributed by atoms with Gasteiger partial charge >= 0.3 is 0 Å². The Morgan fingerprint density at radius 3 is 2.53 bits per heavy atom. The van der Waals surface area contributed by atoms with Crippen molar-refractivity contribution in [3.63, 3.8) is 0 Å². The Hall–Kier alpha value is -0.0200. The van der Waals surface area contributed by atoms with Crippen LogP contribution in [0.4, 0.5) is 0 Å². The third kappa shape index (κ3) is 4.15. The molecule has 88 valence electrons. The zero-order valence-electron chi connectivity index (χ0n) is 8.63. The van der Waals surface area contributed by atoms with Crippen molar-refractivity contribution >= 4 is 37.2 Å². The minimum Gasteiger partial charge on any atom is -0.299 e. The second kappa shape index (κ2) is 8.17. The summed E-state index contributed by atoms with van der Waals surface area (Å²) in [5.41, 5.74) is 1.36. The zero-order chi connectivity index (χ0) is 8.39. The van der Waals surface area contributed by atoms with Crippen LogP contribution in [0, 0.1) is 0 Å². The molecule has 0 radical (unpaired) electrons. The van der Waals surface area contributed by atoms with Gasteiger partial charge in [-0.15, -0.1) is 37.2 Å². The van der Waals surface area contributed by atoms with Gasteiger partial charge in [-0.1, -0.05) is 6.07 Å². The van der Waals surface area contributed by atoms with E-state index in [-0.39, 0.29) is 37.2 Å². The lowest BCUT2D eigenvalue weighted by Crippen LogP contribution is -2.17. The van der Waals surface area contributed by atoms with Crippen LogP contribution < -0.4 is 0 Å². The first-order valence-corrected chi connectivity index (χ1v) is 4.48. The van der Waals surface area contributed by atoms with E-state index in [1.807, 2.05) is 18.5 Å². The topological polar surface area (TPSA) is 16.1 Å². The van der Waals surface area contributed by atoms with Gasteiger partial charge in [0, 0.05) is 18.4 Å². The SMILES string of the molecule is CN1CCC[C@H]1c1cccnc1.Cl.Cl.Cl. The maximum absolute atomic E-state index is 4.14. The standard InChI is InChI=1S/C10H14N2.3ClH/c1-12-7-3-5-10(12)9-4-2-6-11-8-9;;;/h2,4,6,8,10H,3,5,7H2,1H3;3*1H/t10-;;;/m0.../s1. The van der Waals surface area contributed by atoms with Crippen molar-refractivity contribution in [1.29, 1.82) is 0 Å². The molecular formula is C10H17Cl3N2. The van der Waals surface area contributed by atoms with E-state index in [4.69, 9.17) is 0 Å². The highest BCUT2D eigenvalue weighted by Gasteiger charge is 2.21. The molecule has 0 amide bonds. The predicted octanol–water partition coefficient (Wildman–Crippen LogP) is 3.11. The molecular weight excluding hydrogens is 254 g/mol. The van der Waals surface area contributed by atoms with E-state index in [1.165, 1.54) is 24.9 Å². The summed E-state index contributed by atoms with van der Waals surface area (Å²) in [5, 5.41) is 0. The quantitative estimate of drug-likeness (QED) is 0.780. The van der Waals surface area contributed by atoms with Gasteiger partial charge in [-0.25, -0.2) is 0 Å². The fraction of sp³-hybridized carbons (Fsp3) is 0.500. The first-order valence-electron chi connectivity index (χ1n) is 4.48. The Labute approximate surface area is 110 Å². The molecule has 1 atom stereocenters. The molecule has 0 N–H and O–H groups in total. The molecule has 0 aromatic carbocycles. The number of nitrogens with zero attached hydrogens (tertiary/aromatic N) is 2. The maximum atomic E-state index is 4.14. The molecule has 0 spiro atoms. The van der Waals surface area contributed by atoms with Crippen LogP contribution >= 0.6 is 37.2 Å². The van der Waals surface area contributed by atoms with Crippen molar-refractivity contribution in [2.45, 2.75) is 18.9 Å². The Bertz CT molecular complexity index is 256. The van der Waals surface area contributed by atoms with E-state index >= 15 is 0 Å². The van der Waals surface area contributed by atoms with Gasteiger partial charge in [-0.3, -0.25) is 9.88 Å². The second-order valence-electron chi connectivity index (χ2n) is 3.42. The van der Waals surface area contributed by atoms with Crippen LogP contribution in [0.5, 0.6) is 0 Å². The van der Waals surface area contributed by atoms with Gasteiger partial charge in [-0.2, -0.15) is 0 Å². The number of rotatable bonds is 1. The molecule has 0 aliphatic carbocycles. The molecule has 1 aliphatic rings. The lowest BCUT2D eigenvalue weighted by Gasteiger charge is -2.18. The number of pyridine rings is 1. The van der Waals surface area contributed by atoms with E-state index in [9.17, 15) is 0 Å². The summed E-state index contributed by atoms with van der Waals surface area (Å²) >= 11 is 0. The van der Waals surface area contributed by atoms with Crippen molar-refractivity contribution in [2.24, 2.45) is 0 Å². The largest absolute Gasteiger partial charge is 0.299 e. The average molecular weight is 272 g/mol. The highest BCUT2D eigenvalue weighted by Crippen LogP contribution is 2.29. The van der Waals surface area contributed by atoms with Crippen LogP contribution in [0.15, 0.2) is 24.5 Å². The fourth-order valence-electron chi connectivity index (χ4n) is 1.90. The summed E-state index contributed by atoms with van der Waals surface area (Å²) in [6.45, 7) is 1.22. The monoisotopic (exact) mass is 270 g/mol. The molecule has 15 heavy (non-hydrogen) atoms. The molecule has 2 rings (SSSR count). The molecule has 1 fully saturated rings. The van der Waals surface area contributed by atoms with E-state index in [0.717, 1.165) is 0 Å². The molecule has 0 bridgehead atoms. The summed E-state index contributed by atoms with van der Waals surface area (Å²) in [4.78, 5) is 6.54. The number of halogens is 3. The summed E-state index contributed by atoms with van der Waals surface area (Å²) in [6, 6.07) is 4.79. The molecule has 2 heterocycles. The normalized spacial score (nSPS) is 19.7. The van der Waals surface area contributed by atoms with Crippen LogP contribution in [0.25, 0.3) is 0 Å². The maximum Gasteiger partial charge on any atom is 0.0360 e. The van der Waals surface area contributed by atoms with Crippen LogP contribution in [0.3, 0.4) is 0 Å². The van der Waals surface area contributed by atoms with Crippen LogP contribution in [-0.4, -0.2) is 23.5 Å². The minimum absolute atomic E-state index is 0.